The number of rotatable bonds is 4. The number of fused-ring (bicyclic) bond motifs is 2. The molecule has 7 heteroatoms. The Labute approximate surface area is 176 Å². The lowest BCUT2D eigenvalue weighted by molar-refractivity contribution is -0.255. The van der Waals surface area contributed by atoms with E-state index in [0.29, 0.717) is 35.7 Å². The van der Waals surface area contributed by atoms with Gasteiger partial charge in [0.2, 0.25) is 11.7 Å². The number of methoxy groups -OCH3 is 1. The van der Waals surface area contributed by atoms with E-state index >= 15 is 0 Å². The first-order valence-corrected chi connectivity index (χ1v) is 10.8. The number of nitrogens with zero attached hydrogens (tertiary/aromatic N) is 3. The molecule has 3 fully saturated rings. The van der Waals surface area contributed by atoms with Crippen LogP contribution in [0.4, 0.5) is 0 Å². The Bertz CT molecular complexity index is 1030. The molecular formula is C23H29N3O4. The SMILES string of the molecule is C=C1C[C@@]2(Oc3cc(C(=O)OC)nc4ccnn34)O[C@@]3(C[C@H]2C(C)C)[C@@H](C)CC[C@@H]13. The number of ether oxygens (including phenoxy) is 3. The Hall–Kier alpha value is -2.41. The molecule has 4 heterocycles. The van der Waals surface area contributed by atoms with Crippen molar-refractivity contribution in [1.29, 1.82) is 0 Å². The molecule has 2 bridgehead atoms. The van der Waals surface area contributed by atoms with Gasteiger partial charge >= 0.3 is 5.97 Å². The molecule has 2 saturated heterocycles. The van der Waals surface area contributed by atoms with Crippen molar-refractivity contribution in [1.82, 2.24) is 14.6 Å². The molecule has 7 nitrogen and oxygen atoms in total. The van der Waals surface area contributed by atoms with Gasteiger partial charge in [-0.2, -0.15) is 9.61 Å². The first-order chi connectivity index (χ1) is 14.3. The van der Waals surface area contributed by atoms with Crippen molar-refractivity contribution >= 4 is 11.6 Å². The van der Waals surface area contributed by atoms with Crippen molar-refractivity contribution in [3.8, 4) is 5.88 Å². The fourth-order valence-electron chi connectivity index (χ4n) is 6.08. The van der Waals surface area contributed by atoms with Gasteiger partial charge in [0.15, 0.2) is 11.3 Å². The second-order valence-electron chi connectivity index (χ2n) is 9.46. The van der Waals surface area contributed by atoms with Gasteiger partial charge in [-0.25, -0.2) is 9.78 Å². The third-order valence-electron chi connectivity index (χ3n) is 7.55. The molecule has 160 valence electrons. The number of hydrogen-bond acceptors (Lipinski definition) is 6. The van der Waals surface area contributed by atoms with Crippen molar-refractivity contribution in [2.75, 3.05) is 7.11 Å². The summed E-state index contributed by atoms with van der Waals surface area (Å²) in [6, 6.07) is 3.34. The quantitative estimate of drug-likeness (QED) is 0.559. The molecule has 0 unspecified atom stereocenters. The molecule has 2 aliphatic heterocycles. The first kappa shape index (κ1) is 19.5. The number of carbonyl (C=O) groups excluding carboxylic acids is 1. The molecule has 2 aromatic heterocycles. The molecular weight excluding hydrogens is 382 g/mol. The average molecular weight is 412 g/mol. The predicted octanol–water partition coefficient (Wildman–Crippen LogP) is 4.03. The maximum absolute atomic E-state index is 12.2. The first-order valence-electron chi connectivity index (χ1n) is 10.8. The molecule has 0 N–H and O–H groups in total. The minimum absolute atomic E-state index is 0.187. The molecule has 1 aliphatic carbocycles. The molecule has 5 atom stereocenters. The summed E-state index contributed by atoms with van der Waals surface area (Å²) in [6.45, 7) is 11.2. The highest BCUT2D eigenvalue weighted by Gasteiger charge is 2.68. The van der Waals surface area contributed by atoms with Crippen LogP contribution in [0.2, 0.25) is 0 Å². The lowest BCUT2D eigenvalue weighted by Crippen LogP contribution is -2.52. The van der Waals surface area contributed by atoms with E-state index in [1.54, 1.807) is 22.8 Å². The van der Waals surface area contributed by atoms with E-state index in [9.17, 15) is 4.79 Å². The fraction of sp³-hybridized carbons (Fsp3) is 0.609. The summed E-state index contributed by atoms with van der Waals surface area (Å²) >= 11 is 0. The summed E-state index contributed by atoms with van der Waals surface area (Å²) < 4.78 is 20.1. The van der Waals surface area contributed by atoms with Crippen molar-refractivity contribution < 1.29 is 19.0 Å². The number of carbonyl (C=O) groups is 1. The Morgan fingerprint density at radius 3 is 2.93 bits per heavy atom. The largest absolute Gasteiger partial charge is 0.464 e. The summed E-state index contributed by atoms with van der Waals surface area (Å²) in [7, 11) is 1.34. The Kier molecular flexibility index (Phi) is 4.26. The Morgan fingerprint density at radius 1 is 1.40 bits per heavy atom. The smallest absolute Gasteiger partial charge is 0.356 e. The zero-order chi connectivity index (χ0) is 21.3. The van der Waals surface area contributed by atoms with Crippen LogP contribution < -0.4 is 4.74 Å². The number of aromatic nitrogens is 3. The summed E-state index contributed by atoms with van der Waals surface area (Å²) in [5.74, 6) is 0.528. The Morgan fingerprint density at radius 2 is 2.20 bits per heavy atom. The molecule has 0 amide bonds. The van der Waals surface area contributed by atoms with Crippen LogP contribution in [-0.4, -0.2) is 39.1 Å². The summed E-state index contributed by atoms with van der Waals surface area (Å²) in [4.78, 5) is 16.5. The van der Waals surface area contributed by atoms with E-state index < -0.39 is 11.8 Å². The highest BCUT2D eigenvalue weighted by atomic mass is 16.7. The summed E-state index contributed by atoms with van der Waals surface area (Å²) in [6.07, 6.45) is 5.53. The Balaban J connectivity index is 1.62. The van der Waals surface area contributed by atoms with Gasteiger partial charge in [0, 0.05) is 30.4 Å². The normalized spacial score (nSPS) is 35.1. The van der Waals surface area contributed by atoms with Crippen LogP contribution in [0.5, 0.6) is 5.88 Å². The van der Waals surface area contributed by atoms with E-state index in [2.05, 4.69) is 37.4 Å². The third kappa shape index (κ3) is 2.57. The zero-order valence-electron chi connectivity index (χ0n) is 18.1. The number of hydrogen-bond donors (Lipinski definition) is 0. The monoisotopic (exact) mass is 411 g/mol. The van der Waals surface area contributed by atoms with Crippen LogP contribution >= 0.6 is 0 Å². The van der Waals surface area contributed by atoms with E-state index in [-0.39, 0.29) is 17.2 Å². The van der Waals surface area contributed by atoms with Crippen LogP contribution in [0, 0.1) is 23.7 Å². The van der Waals surface area contributed by atoms with Gasteiger partial charge in [0.05, 0.1) is 18.9 Å². The average Bonchev–Trinajstić information content (AvgIpc) is 3.37. The molecule has 1 spiro atoms. The van der Waals surface area contributed by atoms with Crippen molar-refractivity contribution in [3.63, 3.8) is 0 Å². The lowest BCUT2D eigenvalue weighted by Gasteiger charge is -2.45. The maximum atomic E-state index is 12.2. The molecule has 3 aliphatic rings. The van der Waals surface area contributed by atoms with Gasteiger partial charge < -0.3 is 14.2 Å². The molecule has 2 aromatic rings. The molecule has 0 radical (unpaired) electrons. The standard InChI is InChI=1S/C23H29N3O4/c1-13(2)17-12-22-15(4)6-7-16(22)14(3)11-23(17,30-22)29-20-10-18(21(27)28-5)25-19-8-9-24-26(19)20/h8-10,13,15-17H,3,6-7,11-12H2,1-2,4-5H3/t15-,16-,17-,22-,23+/m0/s1. The fourth-order valence-corrected chi connectivity index (χ4v) is 6.08. The van der Waals surface area contributed by atoms with Crippen molar-refractivity contribution in [2.24, 2.45) is 23.7 Å². The second-order valence-corrected chi connectivity index (χ2v) is 9.46. The minimum atomic E-state index is -0.825. The van der Waals surface area contributed by atoms with Crippen molar-refractivity contribution in [3.05, 3.63) is 36.2 Å². The molecule has 5 rings (SSSR count). The van der Waals surface area contributed by atoms with E-state index in [0.717, 1.165) is 19.3 Å². The van der Waals surface area contributed by atoms with Crippen LogP contribution in [0.3, 0.4) is 0 Å². The van der Waals surface area contributed by atoms with E-state index in [1.165, 1.54) is 12.7 Å². The van der Waals surface area contributed by atoms with Crippen LogP contribution in [0.15, 0.2) is 30.5 Å². The number of esters is 1. The highest BCUT2D eigenvalue weighted by molar-refractivity contribution is 5.88. The van der Waals surface area contributed by atoms with Gasteiger partial charge in [-0.3, -0.25) is 0 Å². The van der Waals surface area contributed by atoms with Crippen LogP contribution in [0.1, 0.15) is 56.9 Å². The van der Waals surface area contributed by atoms with Crippen LogP contribution in [0.25, 0.3) is 5.65 Å². The summed E-state index contributed by atoms with van der Waals surface area (Å²) in [5, 5.41) is 4.36. The summed E-state index contributed by atoms with van der Waals surface area (Å²) in [5.41, 5.74) is 1.71. The highest BCUT2D eigenvalue weighted by Crippen LogP contribution is 2.64. The predicted molar refractivity (Wildman–Crippen MR) is 110 cm³/mol. The van der Waals surface area contributed by atoms with Gasteiger partial charge in [-0.15, -0.1) is 0 Å². The minimum Gasteiger partial charge on any atom is -0.464 e. The topological polar surface area (TPSA) is 75.0 Å². The molecule has 1 saturated carbocycles. The van der Waals surface area contributed by atoms with Crippen molar-refractivity contribution in [2.45, 2.75) is 57.8 Å². The zero-order valence-corrected chi connectivity index (χ0v) is 18.1. The molecule has 30 heavy (non-hydrogen) atoms. The van der Waals surface area contributed by atoms with Gasteiger partial charge in [-0.05, 0) is 31.1 Å². The van der Waals surface area contributed by atoms with E-state index in [4.69, 9.17) is 14.2 Å². The van der Waals surface area contributed by atoms with Gasteiger partial charge in [-0.1, -0.05) is 32.9 Å². The van der Waals surface area contributed by atoms with E-state index in [1.807, 2.05) is 0 Å². The lowest BCUT2D eigenvalue weighted by atomic mass is 9.77. The molecule has 0 aromatic carbocycles. The van der Waals surface area contributed by atoms with Gasteiger partial charge in [0.1, 0.15) is 0 Å². The third-order valence-corrected chi connectivity index (χ3v) is 7.55. The van der Waals surface area contributed by atoms with Crippen LogP contribution in [-0.2, 0) is 9.47 Å². The van der Waals surface area contributed by atoms with Gasteiger partial charge in [0.25, 0.3) is 0 Å². The maximum Gasteiger partial charge on any atom is 0.356 e. The second kappa shape index (κ2) is 6.54.